The lowest BCUT2D eigenvalue weighted by Gasteiger charge is -2.45. The maximum Gasteiger partial charge on any atom is 0.410 e. The smallest absolute Gasteiger partial charge is 0.410 e. The Morgan fingerprint density at radius 1 is 1.06 bits per heavy atom. The molecule has 8 nitrogen and oxygen atoms in total. The van der Waals surface area contributed by atoms with Crippen LogP contribution in [0.4, 0.5) is 10.5 Å². The lowest BCUT2D eigenvalue weighted by molar-refractivity contribution is -0.150. The van der Waals surface area contributed by atoms with E-state index in [-0.39, 0.29) is 23.7 Å². The average molecular weight is 488 g/mol. The van der Waals surface area contributed by atoms with E-state index in [2.05, 4.69) is 0 Å². The Hall–Kier alpha value is -2.87. The van der Waals surface area contributed by atoms with Gasteiger partial charge in [0.1, 0.15) is 17.0 Å². The van der Waals surface area contributed by atoms with Crippen molar-refractivity contribution < 1.29 is 29.0 Å². The van der Waals surface area contributed by atoms with Gasteiger partial charge in [0, 0.05) is 42.1 Å². The van der Waals surface area contributed by atoms with Crippen molar-refractivity contribution in [1.29, 1.82) is 0 Å². The van der Waals surface area contributed by atoms with Crippen LogP contribution >= 0.6 is 0 Å². The molecule has 0 aromatic heterocycles. The predicted molar refractivity (Wildman–Crippen MR) is 135 cm³/mol. The summed E-state index contributed by atoms with van der Waals surface area (Å²) in [4.78, 5) is 40.5. The summed E-state index contributed by atoms with van der Waals surface area (Å²) in [5, 5.41) is 10.6. The van der Waals surface area contributed by atoms with Crippen molar-refractivity contribution in [1.82, 2.24) is 9.38 Å². The van der Waals surface area contributed by atoms with Crippen molar-refractivity contribution >= 4 is 29.3 Å². The van der Waals surface area contributed by atoms with Gasteiger partial charge in [-0.1, -0.05) is 32.9 Å². The van der Waals surface area contributed by atoms with Gasteiger partial charge in [0.05, 0.1) is 6.61 Å². The number of quaternary nitrogens is 1. The van der Waals surface area contributed by atoms with Crippen molar-refractivity contribution in [3.8, 4) is 0 Å². The molecule has 0 bridgehead atoms. The lowest BCUT2D eigenvalue weighted by atomic mass is 9.83. The number of carboxylic acid groups (broad SMARTS) is 1. The number of carboxylic acids is 1. The maximum atomic E-state index is 13.0. The number of rotatable bonds is 5. The van der Waals surface area contributed by atoms with Crippen LogP contribution in [-0.4, -0.2) is 65.9 Å². The van der Waals surface area contributed by atoms with Gasteiger partial charge in [0.15, 0.2) is 6.54 Å². The standard InChI is InChI=1S/C27H38N2O6/c1-8-34-22(30)17-29(23(24(31)32)26(2,3)4)20-12-10-9-11-18(20)19-13-15-28(16-14-21(19)29)25(33)35-27(5,6)7/h9-12,23H,8,13-17H2,1-7H3/p+1. The van der Waals surface area contributed by atoms with E-state index in [1.807, 2.05) is 65.8 Å². The highest BCUT2D eigenvalue weighted by Crippen LogP contribution is 2.53. The molecular weight excluding hydrogens is 448 g/mol. The summed E-state index contributed by atoms with van der Waals surface area (Å²) in [5.74, 6) is -1.42. The largest absolute Gasteiger partial charge is 0.477 e. The van der Waals surface area contributed by atoms with E-state index >= 15 is 0 Å². The lowest BCUT2D eigenvalue weighted by Crippen LogP contribution is -2.65. The molecule has 0 aliphatic carbocycles. The van der Waals surface area contributed by atoms with Gasteiger partial charge >= 0.3 is 18.0 Å². The normalized spacial score (nSPS) is 21.1. The van der Waals surface area contributed by atoms with Crippen LogP contribution in [0.3, 0.4) is 0 Å². The summed E-state index contributed by atoms with van der Waals surface area (Å²) in [6.45, 7) is 13.8. The third-order valence-corrected chi connectivity index (χ3v) is 6.57. The molecule has 0 spiro atoms. The molecule has 1 N–H and O–H groups in total. The number of nitrogens with zero attached hydrogens (tertiary/aromatic N) is 2. The summed E-state index contributed by atoms with van der Waals surface area (Å²) >= 11 is 0. The summed E-state index contributed by atoms with van der Waals surface area (Å²) in [6.07, 6.45) is 0.592. The van der Waals surface area contributed by atoms with E-state index in [4.69, 9.17) is 9.47 Å². The van der Waals surface area contributed by atoms with Gasteiger partial charge in [0.25, 0.3) is 0 Å². The number of carbonyl (C=O) groups is 3. The SMILES string of the molecule is CCOC(=O)C[N+]1(C(C(=O)O)C(C)(C)C)C2=C(CCN(C(=O)OC(C)(C)C)CC2)c2ccccc21. The van der Waals surface area contributed by atoms with Crippen LogP contribution in [0.5, 0.6) is 0 Å². The van der Waals surface area contributed by atoms with Crippen molar-refractivity contribution in [2.45, 2.75) is 73.0 Å². The van der Waals surface area contributed by atoms with Gasteiger partial charge in [-0.25, -0.2) is 18.9 Å². The first-order chi connectivity index (χ1) is 16.2. The number of hydrogen-bond donors (Lipinski definition) is 1. The predicted octanol–water partition coefficient (Wildman–Crippen LogP) is 4.81. The molecule has 35 heavy (non-hydrogen) atoms. The number of aliphatic carboxylic acids is 1. The molecule has 1 amide bonds. The number of ether oxygens (including phenoxy) is 2. The number of para-hydroxylation sites is 1. The summed E-state index contributed by atoms with van der Waals surface area (Å²) in [6, 6.07) is 6.79. The summed E-state index contributed by atoms with van der Waals surface area (Å²) in [7, 11) is 0. The van der Waals surface area contributed by atoms with Crippen LogP contribution in [0.2, 0.25) is 0 Å². The Balaban J connectivity index is 2.17. The minimum Gasteiger partial charge on any atom is -0.477 e. The molecule has 3 rings (SSSR count). The molecule has 0 fully saturated rings. The van der Waals surface area contributed by atoms with Crippen molar-refractivity contribution in [2.24, 2.45) is 5.41 Å². The highest BCUT2D eigenvalue weighted by Gasteiger charge is 2.59. The zero-order valence-corrected chi connectivity index (χ0v) is 22.0. The van der Waals surface area contributed by atoms with Gasteiger partial charge in [0.2, 0.25) is 6.04 Å². The average Bonchev–Trinajstić information content (AvgIpc) is 2.84. The maximum absolute atomic E-state index is 13.0. The molecule has 0 radical (unpaired) electrons. The number of amides is 1. The molecule has 2 heterocycles. The van der Waals surface area contributed by atoms with E-state index < -0.39 is 29.0 Å². The van der Waals surface area contributed by atoms with Crippen LogP contribution < -0.4 is 4.48 Å². The molecule has 0 saturated heterocycles. The van der Waals surface area contributed by atoms with Gasteiger partial charge in [-0.15, -0.1) is 0 Å². The molecule has 0 saturated carbocycles. The third kappa shape index (κ3) is 5.22. The molecular formula is C27H39N2O6+. The van der Waals surface area contributed by atoms with E-state index in [9.17, 15) is 19.5 Å². The third-order valence-electron chi connectivity index (χ3n) is 6.57. The Labute approximate surface area is 208 Å². The highest BCUT2D eigenvalue weighted by molar-refractivity contribution is 5.93. The molecule has 2 unspecified atom stereocenters. The monoisotopic (exact) mass is 487 g/mol. The highest BCUT2D eigenvalue weighted by atomic mass is 16.6. The molecule has 192 valence electrons. The zero-order valence-electron chi connectivity index (χ0n) is 22.0. The quantitative estimate of drug-likeness (QED) is 0.473. The fourth-order valence-electron chi connectivity index (χ4n) is 5.55. The first-order valence-electron chi connectivity index (χ1n) is 12.3. The second-order valence-electron chi connectivity index (χ2n) is 11.3. The Kier molecular flexibility index (Phi) is 7.37. The summed E-state index contributed by atoms with van der Waals surface area (Å²) < 4.78 is 10.8. The minimum atomic E-state index is -0.974. The molecule has 1 aromatic carbocycles. The van der Waals surface area contributed by atoms with Crippen LogP contribution in [0.1, 0.15) is 66.9 Å². The fraction of sp³-hybridized carbons (Fsp3) is 0.593. The van der Waals surface area contributed by atoms with Gasteiger partial charge in [-0.2, -0.15) is 0 Å². The molecule has 1 aromatic rings. The van der Waals surface area contributed by atoms with Crippen LogP contribution in [-0.2, 0) is 19.1 Å². The Morgan fingerprint density at radius 2 is 1.69 bits per heavy atom. The summed E-state index contributed by atoms with van der Waals surface area (Å²) in [5.41, 5.74) is 2.33. The van der Waals surface area contributed by atoms with Crippen LogP contribution in [0.25, 0.3) is 5.57 Å². The fourth-order valence-corrected chi connectivity index (χ4v) is 5.55. The second kappa shape index (κ2) is 9.64. The van der Waals surface area contributed by atoms with Crippen LogP contribution in [0, 0.1) is 5.41 Å². The van der Waals surface area contributed by atoms with E-state index in [1.165, 1.54) is 0 Å². The Bertz CT molecular complexity index is 1030. The number of fused-ring (bicyclic) bond motifs is 2. The van der Waals surface area contributed by atoms with Crippen molar-refractivity contribution in [3.05, 3.63) is 35.5 Å². The Morgan fingerprint density at radius 3 is 2.26 bits per heavy atom. The van der Waals surface area contributed by atoms with Gasteiger partial charge < -0.3 is 19.5 Å². The number of esters is 1. The van der Waals surface area contributed by atoms with Gasteiger partial charge in [-0.05, 0) is 40.2 Å². The molecule has 2 atom stereocenters. The van der Waals surface area contributed by atoms with E-state index in [1.54, 1.807) is 11.8 Å². The number of hydrogen-bond acceptors (Lipinski definition) is 5. The molecule has 8 heteroatoms. The first kappa shape index (κ1) is 26.7. The van der Waals surface area contributed by atoms with E-state index in [0.717, 1.165) is 22.5 Å². The van der Waals surface area contributed by atoms with E-state index in [0.29, 0.717) is 25.9 Å². The molecule has 2 aliphatic rings. The zero-order chi connectivity index (χ0) is 26.2. The topological polar surface area (TPSA) is 93.1 Å². The van der Waals surface area contributed by atoms with Crippen molar-refractivity contribution in [2.75, 3.05) is 26.2 Å². The first-order valence-corrected chi connectivity index (χ1v) is 12.3. The van der Waals surface area contributed by atoms with Crippen LogP contribution in [0.15, 0.2) is 30.0 Å². The van der Waals surface area contributed by atoms with Gasteiger partial charge in [-0.3, -0.25) is 0 Å². The number of benzene rings is 1. The molecule has 2 aliphatic heterocycles. The van der Waals surface area contributed by atoms with Crippen molar-refractivity contribution in [3.63, 3.8) is 0 Å². The second-order valence-corrected chi connectivity index (χ2v) is 11.3. The minimum absolute atomic E-state index is 0.120. The number of carbonyl (C=O) groups excluding carboxylic acids is 2.